The van der Waals surface area contributed by atoms with E-state index in [1.54, 1.807) is 6.92 Å². The van der Waals surface area contributed by atoms with Crippen molar-refractivity contribution in [2.24, 2.45) is 0 Å². The van der Waals surface area contributed by atoms with Gasteiger partial charge < -0.3 is 9.47 Å². The maximum absolute atomic E-state index is 12.1. The van der Waals surface area contributed by atoms with E-state index < -0.39 is 22.7 Å². The van der Waals surface area contributed by atoms with Crippen LogP contribution in [0.5, 0.6) is 0 Å². The average molecular weight is 255 g/mol. The summed E-state index contributed by atoms with van der Waals surface area (Å²) in [6, 6.07) is 0. The summed E-state index contributed by atoms with van der Waals surface area (Å²) in [6.45, 7) is 3.16. The van der Waals surface area contributed by atoms with E-state index >= 15 is 0 Å². The fourth-order valence-corrected chi connectivity index (χ4v) is 1.77. The predicted molar refractivity (Wildman–Crippen MR) is 59.7 cm³/mol. The zero-order valence-corrected chi connectivity index (χ0v) is 9.84. The van der Waals surface area contributed by atoms with Gasteiger partial charge in [-0.05, 0) is 6.92 Å². The summed E-state index contributed by atoms with van der Waals surface area (Å²) in [5.41, 5.74) is -2.49. The van der Waals surface area contributed by atoms with E-state index in [4.69, 9.17) is 9.47 Å². The number of rotatable bonds is 4. The van der Waals surface area contributed by atoms with Crippen LogP contribution in [0.3, 0.4) is 0 Å². The molecule has 0 aliphatic carbocycles. The highest BCUT2D eigenvalue weighted by Crippen LogP contribution is 2.26. The Labute approximate surface area is 101 Å². The third-order valence-electron chi connectivity index (χ3n) is 3.08. The molecule has 2 fully saturated rings. The van der Waals surface area contributed by atoms with Crippen LogP contribution in [-0.2, 0) is 22.6 Å². The summed E-state index contributed by atoms with van der Waals surface area (Å²) in [4.78, 5) is 37.4. The number of hydrogen-bond acceptors (Lipinski definition) is 5. The highest BCUT2D eigenvalue weighted by molar-refractivity contribution is 4.89. The fourth-order valence-electron chi connectivity index (χ4n) is 1.77. The number of nitrogens with zero attached hydrogens (tertiary/aromatic N) is 2. The number of aromatic amines is 1. The third-order valence-corrected chi connectivity index (χ3v) is 3.08. The fraction of sp³-hybridized carbons (Fsp3) is 0.700. The summed E-state index contributed by atoms with van der Waals surface area (Å²) in [6.07, 6.45) is -0.109. The standard InChI is InChI=1S/C10H13N3O5/c1-10(5-18-10)4-13-8(15)11-7(14)12(9(13)16)2-6-3-17-6/h6H,2-5H2,1H3,(H,11,14,15). The van der Waals surface area contributed by atoms with Crippen LogP contribution in [0.25, 0.3) is 0 Å². The van der Waals surface area contributed by atoms with Gasteiger partial charge in [0.05, 0.1) is 32.4 Å². The summed E-state index contributed by atoms with van der Waals surface area (Å²) in [5, 5.41) is 0. The molecule has 8 heteroatoms. The van der Waals surface area contributed by atoms with Crippen molar-refractivity contribution in [1.82, 2.24) is 14.1 Å². The van der Waals surface area contributed by atoms with Gasteiger partial charge in [0.25, 0.3) is 0 Å². The SMILES string of the molecule is CC1(Cn2c(=O)[nH]c(=O)n(CC3CO3)c2=O)CO1. The molecule has 1 aromatic heterocycles. The quantitative estimate of drug-likeness (QED) is 0.620. The number of hydrogen-bond donors (Lipinski definition) is 1. The predicted octanol–water partition coefficient (Wildman–Crippen LogP) is -2.11. The first kappa shape index (κ1) is 11.4. The minimum atomic E-state index is -0.699. The molecule has 0 amide bonds. The van der Waals surface area contributed by atoms with Crippen LogP contribution in [0.15, 0.2) is 14.4 Å². The van der Waals surface area contributed by atoms with Crippen molar-refractivity contribution >= 4 is 0 Å². The molecule has 18 heavy (non-hydrogen) atoms. The lowest BCUT2D eigenvalue weighted by atomic mass is 10.2. The minimum Gasteiger partial charge on any atom is -0.371 e. The molecule has 2 atom stereocenters. The monoisotopic (exact) mass is 255 g/mol. The van der Waals surface area contributed by atoms with Crippen molar-refractivity contribution in [2.45, 2.75) is 31.7 Å². The molecule has 2 aliphatic heterocycles. The van der Waals surface area contributed by atoms with Gasteiger partial charge in [0.15, 0.2) is 0 Å². The van der Waals surface area contributed by atoms with Crippen LogP contribution in [0, 0.1) is 0 Å². The molecule has 3 rings (SSSR count). The second kappa shape index (κ2) is 3.66. The summed E-state index contributed by atoms with van der Waals surface area (Å²) in [7, 11) is 0. The molecular formula is C10H13N3O5. The molecular weight excluding hydrogens is 242 g/mol. The molecule has 0 radical (unpaired) electrons. The highest BCUT2D eigenvalue weighted by atomic mass is 16.6. The van der Waals surface area contributed by atoms with Crippen molar-refractivity contribution in [3.05, 3.63) is 31.5 Å². The van der Waals surface area contributed by atoms with Gasteiger partial charge in [-0.25, -0.2) is 23.5 Å². The van der Waals surface area contributed by atoms with Gasteiger partial charge in [-0.3, -0.25) is 4.98 Å². The first-order valence-corrected chi connectivity index (χ1v) is 5.68. The smallest absolute Gasteiger partial charge is 0.336 e. The normalized spacial score (nSPS) is 29.3. The third kappa shape index (κ3) is 2.04. The van der Waals surface area contributed by atoms with Crippen LogP contribution in [0.2, 0.25) is 0 Å². The molecule has 3 heterocycles. The lowest BCUT2D eigenvalue weighted by Gasteiger charge is -2.09. The largest absolute Gasteiger partial charge is 0.371 e. The average Bonchev–Trinajstić information content (AvgIpc) is 3.19. The van der Waals surface area contributed by atoms with Crippen molar-refractivity contribution in [1.29, 1.82) is 0 Å². The molecule has 0 bridgehead atoms. The topological polar surface area (TPSA) is 102 Å². The Morgan fingerprint density at radius 2 is 1.94 bits per heavy atom. The molecule has 1 aromatic rings. The van der Waals surface area contributed by atoms with E-state index in [0.29, 0.717) is 13.2 Å². The number of aromatic nitrogens is 3. The molecule has 0 saturated carbocycles. The Hall–Kier alpha value is -1.67. The van der Waals surface area contributed by atoms with Crippen LogP contribution >= 0.6 is 0 Å². The van der Waals surface area contributed by atoms with Crippen LogP contribution < -0.4 is 17.1 Å². The molecule has 8 nitrogen and oxygen atoms in total. The van der Waals surface area contributed by atoms with Gasteiger partial charge in [0.2, 0.25) is 0 Å². The first-order valence-electron chi connectivity index (χ1n) is 5.68. The van der Waals surface area contributed by atoms with E-state index in [2.05, 4.69) is 4.98 Å². The number of epoxide rings is 2. The van der Waals surface area contributed by atoms with E-state index in [1.807, 2.05) is 0 Å². The van der Waals surface area contributed by atoms with Crippen molar-refractivity contribution in [3.8, 4) is 0 Å². The lowest BCUT2D eigenvalue weighted by Crippen LogP contribution is -2.51. The van der Waals surface area contributed by atoms with Crippen molar-refractivity contribution in [3.63, 3.8) is 0 Å². The second-order valence-electron chi connectivity index (χ2n) is 4.91. The van der Waals surface area contributed by atoms with Crippen molar-refractivity contribution in [2.75, 3.05) is 13.2 Å². The van der Waals surface area contributed by atoms with Gasteiger partial charge in [0, 0.05) is 0 Å². The zero-order valence-electron chi connectivity index (χ0n) is 9.84. The van der Waals surface area contributed by atoms with Gasteiger partial charge in [-0.2, -0.15) is 0 Å². The number of ether oxygens (including phenoxy) is 2. The molecule has 0 spiro atoms. The molecule has 1 N–H and O–H groups in total. The number of H-pyrrole nitrogens is 1. The van der Waals surface area contributed by atoms with Crippen LogP contribution in [0.4, 0.5) is 0 Å². The molecule has 2 saturated heterocycles. The Kier molecular flexibility index (Phi) is 2.32. The maximum Gasteiger partial charge on any atom is 0.336 e. The van der Waals surface area contributed by atoms with E-state index in [1.165, 1.54) is 0 Å². The number of nitrogens with one attached hydrogen (secondary N) is 1. The zero-order chi connectivity index (χ0) is 12.9. The van der Waals surface area contributed by atoms with E-state index in [-0.39, 0.29) is 19.2 Å². The Morgan fingerprint density at radius 1 is 1.33 bits per heavy atom. The lowest BCUT2D eigenvalue weighted by molar-refractivity contribution is 0.281. The van der Waals surface area contributed by atoms with Gasteiger partial charge in [-0.1, -0.05) is 0 Å². The first-order chi connectivity index (χ1) is 8.48. The van der Waals surface area contributed by atoms with Crippen LogP contribution in [-0.4, -0.2) is 39.0 Å². The maximum atomic E-state index is 12.1. The van der Waals surface area contributed by atoms with E-state index in [0.717, 1.165) is 9.13 Å². The van der Waals surface area contributed by atoms with Gasteiger partial charge >= 0.3 is 17.1 Å². The van der Waals surface area contributed by atoms with Gasteiger partial charge in [0.1, 0.15) is 5.60 Å². The molecule has 2 aliphatic rings. The summed E-state index contributed by atoms with van der Waals surface area (Å²) >= 11 is 0. The molecule has 2 unspecified atom stereocenters. The Morgan fingerprint density at radius 3 is 2.50 bits per heavy atom. The minimum absolute atomic E-state index is 0.109. The molecule has 98 valence electrons. The Bertz CT molecular complexity index is 647. The summed E-state index contributed by atoms with van der Waals surface area (Å²) < 4.78 is 12.1. The van der Waals surface area contributed by atoms with E-state index in [9.17, 15) is 14.4 Å². The molecule has 0 aromatic carbocycles. The van der Waals surface area contributed by atoms with Crippen molar-refractivity contribution < 1.29 is 9.47 Å². The van der Waals surface area contributed by atoms with Crippen LogP contribution in [0.1, 0.15) is 6.92 Å². The Balaban J connectivity index is 2.04. The van der Waals surface area contributed by atoms with Gasteiger partial charge in [-0.15, -0.1) is 0 Å². The second-order valence-corrected chi connectivity index (χ2v) is 4.91. The summed E-state index contributed by atoms with van der Waals surface area (Å²) in [5.74, 6) is 0. The highest BCUT2D eigenvalue weighted by Gasteiger charge is 2.40.